The first-order chi connectivity index (χ1) is 10.1. The number of anilines is 2. The Morgan fingerprint density at radius 2 is 2.05 bits per heavy atom. The lowest BCUT2D eigenvalue weighted by molar-refractivity contribution is 0.0989. The number of rotatable bonds is 2. The molecular formula is C16H16ClN3O. The van der Waals surface area contributed by atoms with Crippen LogP contribution in [0.4, 0.5) is 11.5 Å². The quantitative estimate of drug-likeness (QED) is 0.800. The van der Waals surface area contributed by atoms with Crippen molar-refractivity contribution < 1.29 is 4.79 Å². The molecule has 0 radical (unpaired) electrons. The number of aromatic nitrogens is 1. The molecule has 3 rings (SSSR count). The topological polar surface area (TPSA) is 36.4 Å². The van der Waals surface area contributed by atoms with E-state index in [4.69, 9.17) is 11.6 Å². The van der Waals surface area contributed by atoms with Crippen molar-refractivity contribution in [2.24, 2.45) is 0 Å². The van der Waals surface area contributed by atoms with Crippen molar-refractivity contribution in [2.45, 2.75) is 6.42 Å². The Bertz CT molecular complexity index is 700. The Morgan fingerprint density at radius 3 is 2.81 bits per heavy atom. The Balaban J connectivity index is 1.97. The van der Waals surface area contributed by atoms with E-state index in [9.17, 15) is 4.79 Å². The van der Waals surface area contributed by atoms with E-state index in [1.807, 2.05) is 37.2 Å². The summed E-state index contributed by atoms with van der Waals surface area (Å²) in [7, 11) is 3.75. The molecule has 0 atom stereocenters. The number of fused-ring (bicyclic) bond motifs is 1. The van der Waals surface area contributed by atoms with Gasteiger partial charge in [-0.1, -0.05) is 29.8 Å². The summed E-state index contributed by atoms with van der Waals surface area (Å²) in [4.78, 5) is 20.6. The van der Waals surface area contributed by atoms with Gasteiger partial charge in [0.2, 0.25) is 0 Å². The van der Waals surface area contributed by atoms with E-state index in [0.29, 0.717) is 23.1 Å². The van der Waals surface area contributed by atoms with Crippen molar-refractivity contribution in [3.8, 4) is 0 Å². The summed E-state index contributed by atoms with van der Waals surface area (Å²) in [5.41, 5.74) is 2.76. The third kappa shape index (κ3) is 2.59. The average Bonchev–Trinajstić information content (AvgIpc) is 2.89. The minimum Gasteiger partial charge on any atom is -0.363 e. The molecule has 0 saturated carbocycles. The zero-order valence-electron chi connectivity index (χ0n) is 12.0. The van der Waals surface area contributed by atoms with Crippen LogP contribution in [0.5, 0.6) is 0 Å². The lowest BCUT2D eigenvalue weighted by Crippen LogP contribution is -2.29. The minimum atomic E-state index is -0.0349. The standard InChI is InChI=1S/C16H16ClN3O/c1-19(2)15-10-12(9-14(17)18-15)16(21)20-8-7-11-5-3-4-6-13(11)20/h3-6,9-10H,7-8H2,1-2H3. The van der Waals surface area contributed by atoms with Crippen LogP contribution in [0.1, 0.15) is 15.9 Å². The van der Waals surface area contributed by atoms with Gasteiger partial charge in [0.05, 0.1) is 0 Å². The molecule has 0 saturated heterocycles. The maximum atomic E-state index is 12.8. The van der Waals surface area contributed by atoms with E-state index >= 15 is 0 Å². The molecule has 1 aliphatic heterocycles. The van der Waals surface area contributed by atoms with Crippen LogP contribution in [0, 0.1) is 0 Å². The van der Waals surface area contributed by atoms with Crippen molar-refractivity contribution in [3.63, 3.8) is 0 Å². The van der Waals surface area contributed by atoms with Crippen LogP contribution in [-0.4, -0.2) is 31.5 Å². The van der Waals surface area contributed by atoms with Crippen molar-refractivity contribution in [3.05, 3.63) is 52.7 Å². The summed E-state index contributed by atoms with van der Waals surface area (Å²) >= 11 is 6.04. The summed E-state index contributed by atoms with van der Waals surface area (Å²) in [6.07, 6.45) is 0.890. The first-order valence-corrected chi connectivity index (χ1v) is 7.19. The smallest absolute Gasteiger partial charge is 0.258 e. The molecule has 21 heavy (non-hydrogen) atoms. The van der Waals surface area contributed by atoms with Crippen molar-refractivity contribution in [1.82, 2.24) is 4.98 Å². The first-order valence-electron chi connectivity index (χ1n) is 6.81. The summed E-state index contributed by atoms with van der Waals surface area (Å²) in [6.45, 7) is 0.704. The lowest BCUT2D eigenvalue weighted by Gasteiger charge is -2.19. The molecule has 0 bridgehead atoms. The van der Waals surface area contributed by atoms with Crippen LogP contribution in [0.15, 0.2) is 36.4 Å². The van der Waals surface area contributed by atoms with Crippen molar-refractivity contribution in [1.29, 1.82) is 0 Å². The lowest BCUT2D eigenvalue weighted by atomic mass is 10.1. The van der Waals surface area contributed by atoms with Crippen LogP contribution in [-0.2, 0) is 6.42 Å². The summed E-state index contributed by atoms with van der Waals surface area (Å²) in [6, 6.07) is 11.4. The van der Waals surface area contributed by atoms with Crippen LogP contribution in [0.3, 0.4) is 0 Å². The van der Waals surface area contributed by atoms with E-state index in [1.165, 1.54) is 5.56 Å². The van der Waals surface area contributed by atoms with Gasteiger partial charge in [-0.25, -0.2) is 4.98 Å². The molecule has 0 N–H and O–H groups in total. The van der Waals surface area contributed by atoms with E-state index in [-0.39, 0.29) is 5.91 Å². The van der Waals surface area contributed by atoms with Crippen LogP contribution in [0.25, 0.3) is 0 Å². The Labute approximate surface area is 129 Å². The highest BCUT2D eigenvalue weighted by atomic mass is 35.5. The third-order valence-electron chi connectivity index (χ3n) is 3.62. The highest BCUT2D eigenvalue weighted by Crippen LogP contribution is 2.29. The first kappa shape index (κ1) is 13.9. The summed E-state index contributed by atoms with van der Waals surface area (Å²) in [5, 5.41) is 0.331. The molecule has 1 amide bonds. The molecule has 5 heteroatoms. The summed E-state index contributed by atoms with van der Waals surface area (Å²) in [5.74, 6) is 0.644. The minimum absolute atomic E-state index is 0.0349. The van der Waals surface area contributed by atoms with Gasteiger partial charge in [0.25, 0.3) is 5.91 Å². The molecule has 0 unspecified atom stereocenters. The molecule has 0 aliphatic carbocycles. The van der Waals surface area contributed by atoms with E-state index in [0.717, 1.165) is 12.1 Å². The summed E-state index contributed by atoms with van der Waals surface area (Å²) < 4.78 is 0. The van der Waals surface area contributed by atoms with Crippen molar-refractivity contribution >= 4 is 29.0 Å². The van der Waals surface area contributed by atoms with Crippen LogP contribution < -0.4 is 9.80 Å². The zero-order chi connectivity index (χ0) is 15.0. The number of amides is 1. The molecular weight excluding hydrogens is 286 g/mol. The molecule has 1 aliphatic rings. The molecule has 2 aromatic rings. The molecule has 0 fully saturated rings. The van der Waals surface area contributed by atoms with Gasteiger partial charge in [-0.15, -0.1) is 0 Å². The number of benzene rings is 1. The monoisotopic (exact) mass is 301 g/mol. The normalized spacial score (nSPS) is 13.2. The predicted octanol–water partition coefficient (Wildman–Crippen LogP) is 3.00. The number of hydrogen-bond acceptors (Lipinski definition) is 3. The number of para-hydroxylation sites is 1. The number of nitrogens with zero attached hydrogens (tertiary/aromatic N) is 3. The van der Waals surface area contributed by atoms with Gasteiger partial charge in [-0.3, -0.25) is 4.79 Å². The molecule has 1 aromatic heterocycles. The van der Waals surface area contributed by atoms with E-state index in [1.54, 1.807) is 17.0 Å². The van der Waals surface area contributed by atoms with Crippen LogP contribution in [0.2, 0.25) is 5.15 Å². The molecule has 2 heterocycles. The van der Waals surface area contributed by atoms with Gasteiger partial charge in [0.1, 0.15) is 11.0 Å². The fourth-order valence-corrected chi connectivity index (χ4v) is 2.74. The largest absolute Gasteiger partial charge is 0.363 e. The SMILES string of the molecule is CN(C)c1cc(C(=O)N2CCc3ccccc32)cc(Cl)n1. The number of carbonyl (C=O) groups excluding carboxylic acids is 1. The van der Waals surface area contributed by atoms with E-state index < -0.39 is 0 Å². The number of pyridine rings is 1. The number of carbonyl (C=O) groups is 1. The second kappa shape index (κ2) is 5.37. The maximum Gasteiger partial charge on any atom is 0.258 e. The van der Waals surface area contributed by atoms with Gasteiger partial charge in [-0.05, 0) is 30.2 Å². The number of halogens is 1. The number of hydrogen-bond donors (Lipinski definition) is 0. The van der Waals surface area contributed by atoms with Gasteiger partial charge in [-0.2, -0.15) is 0 Å². The van der Waals surface area contributed by atoms with Gasteiger partial charge in [0, 0.05) is 31.9 Å². The van der Waals surface area contributed by atoms with Crippen LogP contribution >= 0.6 is 11.6 Å². The average molecular weight is 302 g/mol. The maximum absolute atomic E-state index is 12.8. The van der Waals surface area contributed by atoms with Gasteiger partial charge in [0.15, 0.2) is 0 Å². The van der Waals surface area contributed by atoms with Gasteiger partial charge >= 0.3 is 0 Å². The highest BCUT2D eigenvalue weighted by Gasteiger charge is 2.25. The molecule has 1 aromatic carbocycles. The van der Waals surface area contributed by atoms with Crippen molar-refractivity contribution in [2.75, 3.05) is 30.4 Å². The molecule has 4 nitrogen and oxygen atoms in total. The fraction of sp³-hybridized carbons (Fsp3) is 0.250. The molecule has 108 valence electrons. The van der Waals surface area contributed by atoms with Gasteiger partial charge < -0.3 is 9.80 Å². The predicted molar refractivity (Wildman–Crippen MR) is 85.4 cm³/mol. The highest BCUT2D eigenvalue weighted by molar-refractivity contribution is 6.30. The second-order valence-corrected chi connectivity index (χ2v) is 5.65. The zero-order valence-corrected chi connectivity index (χ0v) is 12.8. The Kier molecular flexibility index (Phi) is 3.55. The molecule has 0 spiro atoms. The Hall–Kier alpha value is -2.07. The Morgan fingerprint density at radius 1 is 1.29 bits per heavy atom. The third-order valence-corrected chi connectivity index (χ3v) is 3.81. The second-order valence-electron chi connectivity index (χ2n) is 5.27. The van der Waals surface area contributed by atoms with E-state index in [2.05, 4.69) is 11.1 Å². The fourth-order valence-electron chi connectivity index (χ4n) is 2.54.